The zero-order valence-electron chi connectivity index (χ0n) is 13.2. The average Bonchev–Trinajstić information content (AvgIpc) is 3.26. The van der Waals surface area contributed by atoms with Gasteiger partial charge < -0.3 is 0 Å². The van der Waals surface area contributed by atoms with Crippen molar-refractivity contribution < 1.29 is 9.59 Å². The van der Waals surface area contributed by atoms with Gasteiger partial charge in [0.25, 0.3) is 0 Å². The fourth-order valence-electron chi connectivity index (χ4n) is 5.72. The molecule has 1 heterocycles. The van der Waals surface area contributed by atoms with Crippen LogP contribution in [-0.2, 0) is 9.59 Å². The highest BCUT2D eigenvalue weighted by Crippen LogP contribution is 2.57. The SMILES string of the molecule is O=C1[C@@H]2[C@@H](C(=O)N1c1ccccc1)[C@H]1CCCC1=C1CCC[C@H]12. The van der Waals surface area contributed by atoms with Gasteiger partial charge in [-0.15, -0.1) is 0 Å². The van der Waals surface area contributed by atoms with E-state index in [4.69, 9.17) is 0 Å². The molecule has 0 bridgehead atoms. The van der Waals surface area contributed by atoms with Crippen molar-refractivity contribution in [3.63, 3.8) is 0 Å². The number of fused-ring (bicyclic) bond motifs is 5. The van der Waals surface area contributed by atoms with Crippen molar-refractivity contribution in [2.45, 2.75) is 38.5 Å². The third kappa shape index (κ3) is 1.71. The number of nitrogens with zero attached hydrogens (tertiary/aromatic N) is 1. The third-order valence-corrected chi connectivity index (χ3v) is 6.51. The molecule has 0 spiro atoms. The van der Waals surface area contributed by atoms with Crippen molar-refractivity contribution in [1.29, 1.82) is 0 Å². The Kier molecular flexibility index (Phi) is 2.82. The van der Waals surface area contributed by atoms with Crippen molar-refractivity contribution in [3.8, 4) is 0 Å². The largest absolute Gasteiger partial charge is 0.274 e. The lowest BCUT2D eigenvalue weighted by Crippen LogP contribution is -2.35. The van der Waals surface area contributed by atoms with Crippen LogP contribution in [0.25, 0.3) is 0 Å². The molecule has 2 amide bonds. The molecule has 3 fully saturated rings. The fraction of sp³-hybridized carbons (Fsp3) is 0.500. The molecule has 4 aliphatic rings. The van der Waals surface area contributed by atoms with E-state index in [1.54, 1.807) is 11.1 Å². The molecule has 0 N–H and O–H groups in total. The maximum atomic E-state index is 13.2. The molecular weight excluding hydrogens is 286 g/mol. The number of imide groups is 1. The molecular formula is C20H21NO2. The van der Waals surface area contributed by atoms with Crippen molar-refractivity contribution in [1.82, 2.24) is 0 Å². The highest BCUT2D eigenvalue weighted by Gasteiger charge is 2.59. The molecule has 5 rings (SSSR count). The molecule has 0 unspecified atom stereocenters. The van der Waals surface area contributed by atoms with Crippen LogP contribution >= 0.6 is 0 Å². The Hall–Kier alpha value is -1.90. The molecule has 1 aromatic rings. The number of allylic oxidation sites excluding steroid dienone is 2. The molecule has 4 atom stereocenters. The van der Waals surface area contributed by atoms with E-state index in [9.17, 15) is 9.59 Å². The van der Waals surface area contributed by atoms with Gasteiger partial charge in [0.05, 0.1) is 17.5 Å². The van der Waals surface area contributed by atoms with E-state index in [1.165, 1.54) is 17.7 Å². The summed E-state index contributed by atoms with van der Waals surface area (Å²) in [6, 6.07) is 9.49. The van der Waals surface area contributed by atoms with Crippen LogP contribution < -0.4 is 4.90 Å². The van der Waals surface area contributed by atoms with Crippen molar-refractivity contribution in [2.24, 2.45) is 23.7 Å². The predicted molar refractivity (Wildman–Crippen MR) is 87.6 cm³/mol. The van der Waals surface area contributed by atoms with E-state index >= 15 is 0 Å². The minimum atomic E-state index is -0.0907. The highest BCUT2D eigenvalue weighted by atomic mass is 16.2. The summed E-state index contributed by atoms with van der Waals surface area (Å²) in [5.74, 6) is 0.617. The lowest BCUT2D eigenvalue weighted by molar-refractivity contribution is -0.122. The lowest BCUT2D eigenvalue weighted by atomic mass is 9.66. The Morgan fingerprint density at radius 3 is 1.83 bits per heavy atom. The van der Waals surface area contributed by atoms with Crippen molar-refractivity contribution >= 4 is 17.5 Å². The zero-order chi connectivity index (χ0) is 15.6. The molecule has 3 nitrogen and oxygen atoms in total. The quantitative estimate of drug-likeness (QED) is 0.586. The van der Waals surface area contributed by atoms with E-state index in [0.717, 1.165) is 31.4 Å². The van der Waals surface area contributed by atoms with Gasteiger partial charge in [-0.25, -0.2) is 0 Å². The summed E-state index contributed by atoms with van der Waals surface area (Å²) in [7, 11) is 0. The van der Waals surface area contributed by atoms with E-state index < -0.39 is 0 Å². The summed E-state index contributed by atoms with van der Waals surface area (Å²) in [5.41, 5.74) is 3.87. The summed E-state index contributed by atoms with van der Waals surface area (Å²) in [4.78, 5) is 27.8. The van der Waals surface area contributed by atoms with Crippen LogP contribution in [0, 0.1) is 23.7 Å². The number of benzene rings is 1. The van der Waals surface area contributed by atoms with Crippen LogP contribution in [0.5, 0.6) is 0 Å². The number of anilines is 1. The van der Waals surface area contributed by atoms with Gasteiger partial charge in [0.2, 0.25) is 11.8 Å². The lowest BCUT2D eigenvalue weighted by Gasteiger charge is -2.34. The second-order valence-electron chi connectivity index (χ2n) is 7.45. The summed E-state index contributed by atoms with van der Waals surface area (Å²) in [6.07, 6.45) is 6.88. The van der Waals surface area contributed by atoms with Crippen LogP contribution in [0.4, 0.5) is 5.69 Å². The summed E-state index contributed by atoms with van der Waals surface area (Å²) < 4.78 is 0. The smallest absolute Gasteiger partial charge is 0.238 e. The minimum Gasteiger partial charge on any atom is -0.274 e. The Bertz CT molecular complexity index is 678. The second-order valence-corrected chi connectivity index (χ2v) is 7.45. The fourth-order valence-corrected chi connectivity index (χ4v) is 5.72. The van der Waals surface area contributed by atoms with Gasteiger partial charge in [-0.3, -0.25) is 14.5 Å². The van der Waals surface area contributed by atoms with Crippen LogP contribution in [0.3, 0.4) is 0 Å². The summed E-state index contributed by atoms with van der Waals surface area (Å²) >= 11 is 0. The van der Waals surface area contributed by atoms with E-state index in [2.05, 4.69) is 0 Å². The predicted octanol–water partition coefficient (Wildman–Crippen LogP) is 3.70. The van der Waals surface area contributed by atoms with Gasteiger partial charge in [-0.2, -0.15) is 0 Å². The first-order chi connectivity index (χ1) is 11.3. The van der Waals surface area contributed by atoms with Gasteiger partial charge in [0, 0.05) is 0 Å². The molecule has 118 valence electrons. The van der Waals surface area contributed by atoms with Crippen LogP contribution in [-0.4, -0.2) is 11.8 Å². The third-order valence-electron chi connectivity index (χ3n) is 6.51. The van der Waals surface area contributed by atoms with Gasteiger partial charge in [-0.05, 0) is 62.5 Å². The van der Waals surface area contributed by atoms with E-state index in [1.807, 2.05) is 30.3 Å². The molecule has 2 saturated carbocycles. The molecule has 1 saturated heterocycles. The number of para-hydroxylation sites is 1. The number of carbonyl (C=O) groups is 2. The van der Waals surface area contributed by atoms with Crippen molar-refractivity contribution in [3.05, 3.63) is 41.5 Å². The molecule has 3 heteroatoms. The topological polar surface area (TPSA) is 37.4 Å². The van der Waals surface area contributed by atoms with Gasteiger partial charge in [-0.1, -0.05) is 29.3 Å². The Labute approximate surface area is 136 Å². The molecule has 0 aromatic heterocycles. The molecule has 1 aromatic carbocycles. The Balaban J connectivity index is 1.62. The zero-order valence-corrected chi connectivity index (χ0v) is 13.2. The normalized spacial score (nSPS) is 35.6. The number of carbonyl (C=O) groups excluding carboxylic acids is 2. The van der Waals surface area contributed by atoms with E-state index in [-0.39, 0.29) is 23.7 Å². The summed E-state index contributed by atoms with van der Waals surface area (Å²) in [5, 5.41) is 0. The number of amides is 2. The van der Waals surface area contributed by atoms with E-state index in [0.29, 0.717) is 11.8 Å². The Morgan fingerprint density at radius 2 is 1.30 bits per heavy atom. The first kappa shape index (κ1) is 13.5. The first-order valence-corrected chi connectivity index (χ1v) is 8.92. The van der Waals surface area contributed by atoms with Crippen LogP contribution in [0.1, 0.15) is 38.5 Å². The molecule has 23 heavy (non-hydrogen) atoms. The van der Waals surface area contributed by atoms with Crippen LogP contribution in [0.2, 0.25) is 0 Å². The maximum absolute atomic E-state index is 13.2. The molecule has 1 aliphatic heterocycles. The number of hydrogen-bond acceptors (Lipinski definition) is 2. The van der Waals surface area contributed by atoms with Gasteiger partial charge in [0.1, 0.15) is 0 Å². The minimum absolute atomic E-state index is 0.0570. The average molecular weight is 307 g/mol. The Morgan fingerprint density at radius 1 is 0.783 bits per heavy atom. The maximum Gasteiger partial charge on any atom is 0.238 e. The number of rotatable bonds is 1. The molecule has 3 aliphatic carbocycles. The second kappa shape index (κ2) is 4.80. The highest BCUT2D eigenvalue weighted by molar-refractivity contribution is 6.22. The monoisotopic (exact) mass is 307 g/mol. The first-order valence-electron chi connectivity index (χ1n) is 8.92. The van der Waals surface area contributed by atoms with Gasteiger partial charge >= 0.3 is 0 Å². The number of hydrogen-bond donors (Lipinski definition) is 0. The summed E-state index contributed by atoms with van der Waals surface area (Å²) in [6.45, 7) is 0. The molecule has 0 radical (unpaired) electrons. The van der Waals surface area contributed by atoms with Crippen molar-refractivity contribution in [2.75, 3.05) is 4.90 Å². The standard InChI is InChI=1S/C20H21NO2/c22-19-17-15-10-4-8-13(15)14-9-5-11-16(14)18(17)20(23)21(19)12-6-2-1-3-7-12/h1-3,6-7,15-18H,4-5,8-11H2/t15-,16+,17-,18-/m0/s1. The van der Waals surface area contributed by atoms with Crippen LogP contribution in [0.15, 0.2) is 41.5 Å². The van der Waals surface area contributed by atoms with Gasteiger partial charge in [0.15, 0.2) is 0 Å².